The SMILES string of the molecule is CC(C)(C)NCC1(CN(CCO)CC(F)F)CCCCC1. The number of rotatable bonds is 8. The zero-order valence-electron chi connectivity index (χ0n) is 13.8. The van der Waals surface area contributed by atoms with Crippen LogP contribution in [0.3, 0.4) is 0 Å². The minimum Gasteiger partial charge on any atom is -0.395 e. The Hall–Kier alpha value is -0.260. The van der Waals surface area contributed by atoms with Gasteiger partial charge in [0.2, 0.25) is 0 Å². The van der Waals surface area contributed by atoms with Gasteiger partial charge in [0.1, 0.15) is 0 Å². The minimum absolute atomic E-state index is 0.0367. The molecule has 126 valence electrons. The molecule has 1 aliphatic rings. The van der Waals surface area contributed by atoms with E-state index < -0.39 is 6.43 Å². The minimum atomic E-state index is -2.34. The van der Waals surface area contributed by atoms with E-state index in [1.165, 1.54) is 19.3 Å². The van der Waals surface area contributed by atoms with E-state index in [9.17, 15) is 8.78 Å². The third-order valence-corrected chi connectivity index (χ3v) is 4.28. The van der Waals surface area contributed by atoms with Gasteiger partial charge in [-0.1, -0.05) is 19.3 Å². The first kappa shape index (κ1) is 18.8. The lowest BCUT2D eigenvalue weighted by molar-refractivity contribution is 0.0352. The van der Waals surface area contributed by atoms with Crippen LogP contribution in [0, 0.1) is 5.41 Å². The van der Waals surface area contributed by atoms with E-state index in [2.05, 4.69) is 26.1 Å². The predicted octanol–water partition coefficient (Wildman–Crippen LogP) is 2.88. The van der Waals surface area contributed by atoms with Crippen LogP contribution >= 0.6 is 0 Å². The van der Waals surface area contributed by atoms with Crippen molar-refractivity contribution in [3.05, 3.63) is 0 Å². The molecule has 0 aromatic rings. The lowest BCUT2D eigenvalue weighted by atomic mass is 9.73. The maximum absolute atomic E-state index is 12.7. The monoisotopic (exact) mass is 306 g/mol. The molecule has 2 N–H and O–H groups in total. The summed E-state index contributed by atoms with van der Waals surface area (Å²) >= 11 is 0. The van der Waals surface area contributed by atoms with Gasteiger partial charge in [-0.25, -0.2) is 8.78 Å². The normalized spacial score (nSPS) is 19.4. The van der Waals surface area contributed by atoms with Crippen LogP contribution in [-0.2, 0) is 0 Å². The van der Waals surface area contributed by atoms with Crippen LogP contribution in [0.4, 0.5) is 8.78 Å². The van der Waals surface area contributed by atoms with Crippen molar-refractivity contribution in [2.75, 3.05) is 32.8 Å². The van der Waals surface area contributed by atoms with Crippen molar-refractivity contribution in [1.29, 1.82) is 0 Å². The highest BCUT2D eigenvalue weighted by Gasteiger charge is 2.35. The Morgan fingerprint density at radius 1 is 1.19 bits per heavy atom. The fraction of sp³-hybridized carbons (Fsp3) is 1.00. The molecule has 1 saturated carbocycles. The van der Waals surface area contributed by atoms with Crippen molar-refractivity contribution in [2.45, 2.75) is 64.8 Å². The van der Waals surface area contributed by atoms with Gasteiger partial charge in [-0.3, -0.25) is 4.90 Å². The van der Waals surface area contributed by atoms with Crippen LogP contribution in [0.25, 0.3) is 0 Å². The van der Waals surface area contributed by atoms with E-state index in [4.69, 9.17) is 5.11 Å². The summed E-state index contributed by atoms with van der Waals surface area (Å²) < 4.78 is 25.4. The van der Waals surface area contributed by atoms with Gasteiger partial charge in [-0.05, 0) is 39.0 Å². The summed E-state index contributed by atoms with van der Waals surface area (Å²) in [4.78, 5) is 1.74. The van der Waals surface area contributed by atoms with E-state index >= 15 is 0 Å². The van der Waals surface area contributed by atoms with E-state index in [0.717, 1.165) is 19.4 Å². The third kappa shape index (κ3) is 7.52. The number of hydrogen-bond donors (Lipinski definition) is 2. The Balaban J connectivity index is 2.70. The lowest BCUT2D eigenvalue weighted by Gasteiger charge is -2.43. The first-order valence-electron chi connectivity index (χ1n) is 8.13. The number of aliphatic hydroxyl groups is 1. The molecule has 0 radical (unpaired) electrons. The van der Waals surface area contributed by atoms with Gasteiger partial charge in [-0.2, -0.15) is 0 Å². The molecule has 5 heteroatoms. The van der Waals surface area contributed by atoms with Gasteiger partial charge < -0.3 is 10.4 Å². The molecule has 0 atom stereocenters. The summed E-state index contributed by atoms with van der Waals surface area (Å²) in [5.41, 5.74) is 0.102. The molecule has 0 spiro atoms. The first-order valence-corrected chi connectivity index (χ1v) is 8.13. The quantitative estimate of drug-likeness (QED) is 0.724. The van der Waals surface area contributed by atoms with Gasteiger partial charge in [0, 0.05) is 25.2 Å². The molecule has 3 nitrogen and oxygen atoms in total. The summed E-state index contributed by atoms with van der Waals surface area (Å²) in [7, 11) is 0. The fourth-order valence-corrected chi connectivity index (χ4v) is 3.19. The van der Waals surface area contributed by atoms with Gasteiger partial charge in [0.15, 0.2) is 0 Å². The standard InChI is InChI=1S/C16H32F2N2O/c1-15(2,3)19-12-16(7-5-4-6-8-16)13-20(9-10-21)11-14(17)18/h14,19,21H,4-13H2,1-3H3. The van der Waals surface area contributed by atoms with Crippen molar-refractivity contribution in [3.63, 3.8) is 0 Å². The van der Waals surface area contributed by atoms with E-state index in [-0.39, 0.29) is 24.1 Å². The van der Waals surface area contributed by atoms with Gasteiger partial charge in [0.25, 0.3) is 6.43 Å². The zero-order chi connectivity index (χ0) is 15.9. The highest BCUT2D eigenvalue weighted by atomic mass is 19.3. The Morgan fingerprint density at radius 2 is 1.81 bits per heavy atom. The van der Waals surface area contributed by atoms with Gasteiger partial charge in [0.05, 0.1) is 13.2 Å². The first-order chi connectivity index (χ1) is 9.76. The average Bonchev–Trinajstić information content (AvgIpc) is 2.36. The van der Waals surface area contributed by atoms with Crippen LogP contribution in [0.1, 0.15) is 52.9 Å². The summed E-state index contributed by atoms with van der Waals surface area (Å²) in [6, 6.07) is 0. The van der Waals surface area contributed by atoms with Crippen molar-refractivity contribution >= 4 is 0 Å². The maximum atomic E-state index is 12.7. The number of aliphatic hydroxyl groups excluding tert-OH is 1. The highest BCUT2D eigenvalue weighted by Crippen LogP contribution is 2.37. The van der Waals surface area contributed by atoms with Gasteiger partial charge >= 0.3 is 0 Å². The summed E-state index contributed by atoms with van der Waals surface area (Å²) in [6.45, 7) is 7.95. The molecule has 1 fully saturated rings. The Labute approximate surface area is 128 Å². The van der Waals surface area contributed by atoms with Crippen molar-refractivity contribution in [1.82, 2.24) is 10.2 Å². The second-order valence-corrected chi connectivity index (χ2v) is 7.51. The summed E-state index contributed by atoms with van der Waals surface area (Å²) in [5, 5.41) is 12.7. The number of nitrogens with zero attached hydrogens (tertiary/aromatic N) is 1. The molecule has 0 unspecified atom stereocenters. The van der Waals surface area contributed by atoms with E-state index in [1.807, 2.05) is 0 Å². The maximum Gasteiger partial charge on any atom is 0.251 e. The number of alkyl halides is 2. The van der Waals surface area contributed by atoms with E-state index in [0.29, 0.717) is 13.1 Å². The molecule has 0 heterocycles. The Morgan fingerprint density at radius 3 is 2.29 bits per heavy atom. The molecular weight excluding hydrogens is 274 g/mol. The highest BCUT2D eigenvalue weighted by molar-refractivity contribution is 4.90. The number of nitrogens with one attached hydrogen (secondary N) is 1. The second-order valence-electron chi connectivity index (χ2n) is 7.51. The van der Waals surface area contributed by atoms with Crippen LogP contribution < -0.4 is 5.32 Å². The summed E-state index contributed by atoms with van der Waals surface area (Å²) in [5.74, 6) is 0. The molecule has 0 bridgehead atoms. The van der Waals surface area contributed by atoms with Crippen LogP contribution in [0.15, 0.2) is 0 Å². The summed E-state index contributed by atoms with van der Waals surface area (Å²) in [6.07, 6.45) is 3.42. The smallest absolute Gasteiger partial charge is 0.251 e. The molecule has 21 heavy (non-hydrogen) atoms. The molecule has 0 amide bonds. The zero-order valence-corrected chi connectivity index (χ0v) is 13.8. The molecular formula is C16H32F2N2O. The molecule has 0 aliphatic heterocycles. The van der Waals surface area contributed by atoms with Crippen LogP contribution in [0.2, 0.25) is 0 Å². The number of halogens is 2. The molecule has 1 rings (SSSR count). The van der Waals surface area contributed by atoms with E-state index in [1.54, 1.807) is 4.90 Å². The average molecular weight is 306 g/mol. The molecule has 0 aromatic heterocycles. The third-order valence-electron chi connectivity index (χ3n) is 4.28. The molecule has 0 aromatic carbocycles. The van der Waals surface area contributed by atoms with Crippen LogP contribution in [-0.4, -0.2) is 54.8 Å². The van der Waals surface area contributed by atoms with Crippen molar-refractivity contribution in [2.24, 2.45) is 5.41 Å². The second kappa shape index (κ2) is 8.39. The van der Waals surface area contributed by atoms with Crippen LogP contribution in [0.5, 0.6) is 0 Å². The Kier molecular flexibility index (Phi) is 7.51. The largest absolute Gasteiger partial charge is 0.395 e. The molecule has 0 saturated heterocycles. The predicted molar refractivity (Wildman–Crippen MR) is 82.8 cm³/mol. The van der Waals surface area contributed by atoms with Crippen molar-refractivity contribution < 1.29 is 13.9 Å². The van der Waals surface area contributed by atoms with Gasteiger partial charge in [-0.15, -0.1) is 0 Å². The number of hydrogen-bond acceptors (Lipinski definition) is 3. The fourth-order valence-electron chi connectivity index (χ4n) is 3.19. The lowest BCUT2D eigenvalue weighted by Crippen LogP contribution is -2.50. The van der Waals surface area contributed by atoms with Crippen molar-refractivity contribution in [3.8, 4) is 0 Å². The topological polar surface area (TPSA) is 35.5 Å². The Bertz CT molecular complexity index is 286. The molecule has 1 aliphatic carbocycles.